The Morgan fingerprint density at radius 1 is 1.29 bits per heavy atom. The van der Waals surface area contributed by atoms with E-state index in [-0.39, 0.29) is 0 Å². The normalized spacial score (nSPS) is 15.2. The lowest BCUT2D eigenvalue weighted by molar-refractivity contribution is 0.0519. The highest BCUT2D eigenvalue weighted by atomic mass is 16.5. The van der Waals surface area contributed by atoms with Gasteiger partial charge in [-0.3, -0.25) is 0 Å². The van der Waals surface area contributed by atoms with Crippen molar-refractivity contribution in [2.24, 2.45) is 0 Å². The van der Waals surface area contributed by atoms with E-state index in [9.17, 15) is 4.79 Å². The van der Waals surface area contributed by atoms with E-state index in [0.717, 1.165) is 42.8 Å². The van der Waals surface area contributed by atoms with Crippen LogP contribution < -0.4 is 10.2 Å². The van der Waals surface area contributed by atoms with Crippen molar-refractivity contribution >= 4 is 22.6 Å². The first-order chi connectivity index (χ1) is 10.3. The van der Waals surface area contributed by atoms with Crippen molar-refractivity contribution in [2.45, 2.75) is 6.92 Å². The fourth-order valence-electron chi connectivity index (χ4n) is 2.59. The molecule has 1 aliphatic heterocycles. The largest absolute Gasteiger partial charge is 0.461 e. The van der Waals surface area contributed by atoms with Crippen LogP contribution in [0.2, 0.25) is 0 Å². The Morgan fingerprint density at radius 3 is 2.81 bits per heavy atom. The SMILES string of the molecule is CCOC(=O)c1nnc2ccccc2c1N1CCNCC1. The first-order valence-corrected chi connectivity index (χ1v) is 7.19. The lowest BCUT2D eigenvalue weighted by atomic mass is 10.1. The van der Waals surface area contributed by atoms with Crippen LogP contribution in [0, 0.1) is 0 Å². The van der Waals surface area contributed by atoms with E-state index in [0.29, 0.717) is 12.3 Å². The molecule has 2 aromatic rings. The average Bonchev–Trinajstić information content (AvgIpc) is 2.55. The molecule has 2 heterocycles. The molecule has 0 radical (unpaired) electrons. The number of hydrogen-bond acceptors (Lipinski definition) is 6. The van der Waals surface area contributed by atoms with Crippen molar-refractivity contribution in [3.63, 3.8) is 0 Å². The smallest absolute Gasteiger partial charge is 0.361 e. The summed E-state index contributed by atoms with van der Waals surface area (Å²) in [5.74, 6) is -0.413. The van der Waals surface area contributed by atoms with Gasteiger partial charge in [-0.15, -0.1) is 10.2 Å². The van der Waals surface area contributed by atoms with E-state index in [1.54, 1.807) is 6.92 Å². The zero-order chi connectivity index (χ0) is 14.7. The third kappa shape index (κ3) is 2.67. The van der Waals surface area contributed by atoms with Crippen LogP contribution in [0.15, 0.2) is 24.3 Å². The summed E-state index contributed by atoms with van der Waals surface area (Å²) in [7, 11) is 0. The molecule has 1 N–H and O–H groups in total. The Balaban J connectivity index is 2.14. The summed E-state index contributed by atoms with van der Waals surface area (Å²) in [4.78, 5) is 14.4. The molecule has 0 amide bonds. The molecular formula is C15H18N4O2. The molecule has 1 fully saturated rings. The second-order valence-corrected chi connectivity index (χ2v) is 4.87. The number of piperazine rings is 1. The Labute approximate surface area is 123 Å². The lowest BCUT2D eigenvalue weighted by Crippen LogP contribution is -2.44. The van der Waals surface area contributed by atoms with Gasteiger partial charge in [0.25, 0.3) is 0 Å². The monoisotopic (exact) mass is 286 g/mol. The minimum Gasteiger partial charge on any atom is -0.461 e. The van der Waals surface area contributed by atoms with Crippen molar-refractivity contribution in [1.82, 2.24) is 15.5 Å². The van der Waals surface area contributed by atoms with E-state index in [2.05, 4.69) is 20.4 Å². The van der Waals surface area contributed by atoms with Crippen LogP contribution in [-0.4, -0.2) is 49.0 Å². The van der Waals surface area contributed by atoms with Crippen molar-refractivity contribution < 1.29 is 9.53 Å². The van der Waals surface area contributed by atoms with Gasteiger partial charge in [0.2, 0.25) is 0 Å². The maximum absolute atomic E-state index is 12.2. The summed E-state index contributed by atoms with van der Waals surface area (Å²) >= 11 is 0. The van der Waals surface area contributed by atoms with Gasteiger partial charge >= 0.3 is 5.97 Å². The third-order valence-corrected chi connectivity index (χ3v) is 3.54. The van der Waals surface area contributed by atoms with Crippen LogP contribution >= 0.6 is 0 Å². The number of ether oxygens (including phenoxy) is 1. The highest BCUT2D eigenvalue weighted by Crippen LogP contribution is 2.28. The van der Waals surface area contributed by atoms with Crippen molar-refractivity contribution in [2.75, 3.05) is 37.7 Å². The molecule has 1 saturated heterocycles. The minimum atomic E-state index is -0.413. The molecule has 6 heteroatoms. The number of esters is 1. The number of anilines is 1. The molecule has 1 aromatic heterocycles. The van der Waals surface area contributed by atoms with E-state index < -0.39 is 5.97 Å². The first kappa shape index (κ1) is 13.8. The second kappa shape index (κ2) is 6.05. The molecule has 3 rings (SSSR count). The van der Waals surface area contributed by atoms with Gasteiger partial charge in [0.1, 0.15) is 0 Å². The van der Waals surface area contributed by atoms with Crippen LogP contribution in [0.4, 0.5) is 5.69 Å². The molecule has 1 aliphatic rings. The summed E-state index contributed by atoms with van der Waals surface area (Å²) in [5.41, 5.74) is 1.93. The van der Waals surface area contributed by atoms with E-state index in [1.807, 2.05) is 24.3 Å². The maximum Gasteiger partial charge on any atom is 0.361 e. The Morgan fingerprint density at radius 2 is 2.05 bits per heavy atom. The molecule has 0 spiro atoms. The van der Waals surface area contributed by atoms with E-state index in [4.69, 9.17) is 4.74 Å². The van der Waals surface area contributed by atoms with Gasteiger partial charge in [0, 0.05) is 31.6 Å². The second-order valence-electron chi connectivity index (χ2n) is 4.87. The number of aromatic nitrogens is 2. The van der Waals surface area contributed by atoms with Crippen molar-refractivity contribution in [3.8, 4) is 0 Å². The number of fused-ring (bicyclic) bond motifs is 1. The number of nitrogens with zero attached hydrogens (tertiary/aromatic N) is 3. The third-order valence-electron chi connectivity index (χ3n) is 3.54. The molecule has 0 saturated carbocycles. The number of nitrogens with one attached hydrogen (secondary N) is 1. The molecule has 0 atom stereocenters. The summed E-state index contributed by atoms with van der Waals surface area (Å²) in [6.07, 6.45) is 0. The highest BCUT2D eigenvalue weighted by molar-refractivity contribution is 6.03. The standard InChI is InChI=1S/C15H18N4O2/c1-2-21-15(20)13-14(19-9-7-16-8-10-19)11-5-3-4-6-12(11)17-18-13/h3-6,16H,2,7-10H2,1H3. The zero-order valence-electron chi connectivity index (χ0n) is 12.0. The van der Waals surface area contributed by atoms with Gasteiger partial charge in [-0.1, -0.05) is 18.2 Å². The van der Waals surface area contributed by atoms with Gasteiger partial charge in [-0.2, -0.15) is 0 Å². The van der Waals surface area contributed by atoms with Crippen LogP contribution in [0.1, 0.15) is 17.4 Å². The van der Waals surface area contributed by atoms with Crippen LogP contribution in [0.5, 0.6) is 0 Å². The number of benzene rings is 1. The number of carbonyl (C=O) groups is 1. The average molecular weight is 286 g/mol. The van der Waals surface area contributed by atoms with Crippen molar-refractivity contribution in [1.29, 1.82) is 0 Å². The van der Waals surface area contributed by atoms with Crippen LogP contribution in [0.3, 0.4) is 0 Å². The van der Waals surface area contributed by atoms with Crippen molar-refractivity contribution in [3.05, 3.63) is 30.0 Å². The number of hydrogen-bond donors (Lipinski definition) is 1. The van der Waals surface area contributed by atoms with Crippen LogP contribution in [-0.2, 0) is 4.74 Å². The van der Waals surface area contributed by atoms with Gasteiger partial charge in [0.15, 0.2) is 5.69 Å². The first-order valence-electron chi connectivity index (χ1n) is 7.19. The number of rotatable bonds is 3. The topological polar surface area (TPSA) is 67.3 Å². The minimum absolute atomic E-state index is 0.303. The zero-order valence-corrected chi connectivity index (χ0v) is 12.0. The summed E-state index contributed by atoms with van der Waals surface area (Å²) in [6.45, 7) is 5.56. The molecule has 21 heavy (non-hydrogen) atoms. The molecule has 110 valence electrons. The molecule has 6 nitrogen and oxygen atoms in total. The van der Waals surface area contributed by atoms with Gasteiger partial charge < -0.3 is 15.0 Å². The Bertz CT molecular complexity index is 653. The lowest BCUT2D eigenvalue weighted by Gasteiger charge is -2.30. The predicted octanol–water partition coefficient (Wildman–Crippen LogP) is 1.22. The molecule has 0 aliphatic carbocycles. The molecule has 0 unspecified atom stereocenters. The fraction of sp³-hybridized carbons (Fsp3) is 0.400. The highest BCUT2D eigenvalue weighted by Gasteiger charge is 2.24. The molecule has 0 bridgehead atoms. The quantitative estimate of drug-likeness (QED) is 0.856. The number of carbonyl (C=O) groups excluding carboxylic acids is 1. The van der Waals surface area contributed by atoms with Crippen LogP contribution in [0.25, 0.3) is 10.9 Å². The Kier molecular flexibility index (Phi) is 3.96. The van der Waals surface area contributed by atoms with Gasteiger partial charge in [-0.25, -0.2) is 4.79 Å². The van der Waals surface area contributed by atoms with Gasteiger partial charge in [-0.05, 0) is 13.0 Å². The van der Waals surface area contributed by atoms with Gasteiger partial charge in [0.05, 0.1) is 17.8 Å². The summed E-state index contributed by atoms with van der Waals surface area (Å²) < 4.78 is 5.12. The summed E-state index contributed by atoms with van der Waals surface area (Å²) in [6, 6.07) is 7.75. The predicted molar refractivity (Wildman–Crippen MR) is 80.6 cm³/mol. The van der Waals surface area contributed by atoms with E-state index >= 15 is 0 Å². The maximum atomic E-state index is 12.2. The molecular weight excluding hydrogens is 268 g/mol. The summed E-state index contributed by atoms with van der Waals surface area (Å²) in [5, 5.41) is 12.5. The Hall–Kier alpha value is -2.21. The van der Waals surface area contributed by atoms with E-state index in [1.165, 1.54) is 0 Å². The molecule has 1 aromatic carbocycles. The fourth-order valence-corrected chi connectivity index (χ4v) is 2.59.